The van der Waals surface area contributed by atoms with Gasteiger partial charge in [0.05, 0.1) is 31.8 Å². The number of ether oxygens (including phenoxy) is 4. The van der Waals surface area contributed by atoms with Gasteiger partial charge < -0.3 is 24.7 Å². The predicted octanol–water partition coefficient (Wildman–Crippen LogP) is 0.415. The molecule has 2 fully saturated rings. The number of hydrogen-bond donors (Lipinski definition) is 2. The van der Waals surface area contributed by atoms with Gasteiger partial charge in [-0.15, -0.1) is 0 Å². The Kier molecular flexibility index (Phi) is 6.00. The summed E-state index contributed by atoms with van der Waals surface area (Å²) in [6.45, 7) is 6.15. The molecular formula is C13H26N2O4. The Morgan fingerprint density at radius 1 is 1.11 bits per heavy atom. The van der Waals surface area contributed by atoms with E-state index >= 15 is 0 Å². The van der Waals surface area contributed by atoms with Crippen molar-refractivity contribution < 1.29 is 18.9 Å². The van der Waals surface area contributed by atoms with Gasteiger partial charge in [0, 0.05) is 0 Å². The Morgan fingerprint density at radius 3 is 2.32 bits per heavy atom. The molecule has 19 heavy (non-hydrogen) atoms. The molecule has 0 unspecified atom stereocenters. The van der Waals surface area contributed by atoms with Gasteiger partial charge in [-0.1, -0.05) is 6.92 Å². The fourth-order valence-electron chi connectivity index (χ4n) is 2.22. The number of nitrogens with two attached hydrogens (primary N) is 1. The maximum Gasteiger partial charge on any atom is 0.216 e. The van der Waals surface area contributed by atoms with Crippen LogP contribution >= 0.6 is 0 Å². The molecule has 0 saturated carbocycles. The van der Waals surface area contributed by atoms with Crippen molar-refractivity contribution in [3.8, 4) is 0 Å². The molecule has 0 aromatic rings. The first-order valence-electron chi connectivity index (χ1n) is 7.18. The minimum atomic E-state index is -0.291. The van der Waals surface area contributed by atoms with Gasteiger partial charge in [0.15, 0.2) is 6.29 Å². The van der Waals surface area contributed by atoms with Crippen molar-refractivity contribution in [3.63, 3.8) is 0 Å². The Labute approximate surface area is 114 Å². The lowest BCUT2D eigenvalue weighted by atomic mass is 9.91. The van der Waals surface area contributed by atoms with Crippen LogP contribution in [0.25, 0.3) is 0 Å². The minimum absolute atomic E-state index is 0.120. The predicted molar refractivity (Wildman–Crippen MR) is 70.4 cm³/mol. The highest BCUT2D eigenvalue weighted by Crippen LogP contribution is 2.30. The lowest BCUT2D eigenvalue weighted by molar-refractivity contribution is -0.308. The molecule has 2 rings (SSSR count). The zero-order valence-corrected chi connectivity index (χ0v) is 11.7. The second-order valence-electron chi connectivity index (χ2n) is 5.39. The molecule has 0 radical (unpaired) electrons. The Hall–Kier alpha value is -0.240. The topological polar surface area (TPSA) is 75.0 Å². The van der Waals surface area contributed by atoms with E-state index in [0.717, 1.165) is 25.8 Å². The van der Waals surface area contributed by atoms with Crippen LogP contribution in [0.15, 0.2) is 0 Å². The van der Waals surface area contributed by atoms with Crippen LogP contribution < -0.4 is 11.1 Å². The van der Waals surface area contributed by atoms with Gasteiger partial charge in [0.2, 0.25) is 6.41 Å². The van der Waals surface area contributed by atoms with Gasteiger partial charge in [0.1, 0.15) is 0 Å². The number of rotatable bonds is 6. The van der Waals surface area contributed by atoms with Crippen molar-refractivity contribution in [2.24, 2.45) is 11.1 Å². The fraction of sp³-hybridized carbons (Fsp3) is 1.00. The van der Waals surface area contributed by atoms with E-state index in [2.05, 4.69) is 12.2 Å². The Morgan fingerprint density at radius 2 is 1.74 bits per heavy atom. The summed E-state index contributed by atoms with van der Waals surface area (Å²) in [5.74, 6) is 0. The molecule has 112 valence electrons. The van der Waals surface area contributed by atoms with Crippen LogP contribution in [0.2, 0.25) is 0 Å². The maximum atomic E-state index is 5.73. The van der Waals surface area contributed by atoms with E-state index < -0.39 is 0 Å². The summed E-state index contributed by atoms with van der Waals surface area (Å²) in [6, 6.07) is 0. The van der Waals surface area contributed by atoms with Crippen LogP contribution in [-0.4, -0.2) is 52.2 Å². The van der Waals surface area contributed by atoms with Crippen molar-refractivity contribution in [1.82, 2.24) is 5.32 Å². The molecule has 0 bridgehead atoms. The zero-order valence-electron chi connectivity index (χ0n) is 11.7. The van der Waals surface area contributed by atoms with E-state index in [4.69, 9.17) is 24.7 Å². The van der Waals surface area contributed by atoms with Gasteiger partial charge in [-0.05, 0) is 32.4 Å². The number of nitrogens with one attached hydrogen (secondary N) is 1. The first-order valence-corrected chi connectivity index (χ1v) is 7.18. The average molecular weight is 274 g/mol. The van der Waals surface area contributed by atoms with E-state index in [1.807, 2.05) is 0 Å². The lowest BCUT2D eigenvalue weighted by Crippen LogP contribution is -2.54. The Bertz CT molecular complexity index is 220. The van der Waals surface area contributed by atoms with Crippen LogP contribution in [-0.2, 0) is 18.9 Å². The molecule has 2 heterocycles. The molecule has 2 aliphatic rings. The number of hydrogen-bond acceptors (Lipinski definition) is 6. The van der Waals surface area contributed by atoms with E-state index in [9.17, 15) is 0 Å². The standard InChI is InChI=1S/C13H26N2O4/c1-2-6-15-12-18-9-13(10-19-12)7-16-11(17-8-13)4-3-5-14/h11-12,15H,2-10,14H2,1H3. The molecule has 2 saturated heterocycles. The second-order valence-corrected chi connectivity index (χ2v) is 5.39. The lowest BCUT2D eigenvalue weighted by Gasteiger charge is -2.43. The van der Waals surface area contributed by atoms with Crippen LogP contribution in [0.3, 0.4) is 0 Å². The van der Waals surface area contributed by atoms with Crippen LogP contribution in [0.1, 0.15) is 26.2 Å². The van der Waals surface area contributed by atoms with Gasteiger partial charge in [-0.25, -0.2) is 0 Å². The van der Waals surface area contributed by atoms with Crippen molar-refractivity contribution in [2.75, 3.05) is 39.5 Å². The van der Waals surface area contributed by atoms with E-state index in [-0.39, 0.29) is 18.1 Å². The third-order valence-electron chi connectivity index (χ3n) is 3.44. The highest BCUT2D eigenvalue weighted by molar-refractivity contribution is 4.84. The summed E-state index contributed by atoms with van der Waals surface area (Å²) >= 11 is 0. The molecule has 1 spiro atoms. The molecule has 0 amide bonds. The van der Waals surface area contributed by atoms with Crippen molar-refractivity contribution in [1.29, 1.82) is 0 Å². The SMILES string of the molecule is CCCNC1OCC2(COC(CCCN)OC2)CO1. The third-order valence-corrected chi connectivity index (χ3v) is 3.44. The summed E-state index contributed by atoms with van der Waals surface area (Å²) in [5, 5.41) is 3.19. The molecule has 3 N–H and O–H groups in total. The smallest absolute Gasteiger partial charge is 0.216 e. The quantitative estimate of drug-likeness (QED) is 0.731. The summed E-state index contributed by atoms with van der Waals surface area (Å²) in [5.41, 5.74) is 5.33. The van der Waals surface area contributed by atoms with Gasteiger partial charge in [-0.3, -0.25) is 5.32 Å². The van der Waals surface area contributed by atoms with Gasteiger partial charge in [-0.2, -0.15) is 0 Å². The fourth-order valence-corrected chi connectivity index (χ4v) is 2.22. The second kappa shape index (κ2) is 7.52. The first-order chi connectivity index (χ1) is 9.28. The molecule has 0 atom stereocenters. The maximum absolute atomic E-state index is 5.73. The van der Waals surface area contributed by atoms with Crippen LogP contribution in [0, 0.1) is 5.41 Å². The molecule has 2 aliphatic heterocycles. The Balaban J connectivity index is 1.69. The monoisotopic (exact) mass is 274 g/mol. The molecule has 6 heteroatoms. The largest absolute Gasteiger partial charge is 0.352 e. The third kappa shape index (κ3) is 4.37. The summed E-state index contributed by atoms with van der Waals surface area (Å²) in [4.78, 5) is 0. The van der Waals surface area contributed by atoms with Crippen LogP contribution in [0.4, 0.5) is 0 Å². The van der Waals surface area contributed by atoms with Crippen molar-refractivity contribution in [2.45, 2.75) is 38.9 Å². The van der Waals surface area contributed by atoms with E-state index in [1.165, 1.54) is 0 Å². The molecule has 0 aliphatic carbocycles. The summed E-state index contributed by atoms with van der Waals surface area (Å²) in [7, 11) is 0. The summed E-state index contributed by atoms with van der Waals surface area (Å²) in [6.07, 6.45) is 2.43. The molecule has 6 nitrogen and oxygen atoms in total. The minimum Gasteiger partial charge on any atom is -0.352 e. The average Bonchev–Trinajstić information content (AvgIpc) is 2.46. The zero-order chi connectivity index (χ0) is 13.6. The van der Waals surface area contributed by atoms with Gasteiger partial charge in [0.25, 0.3) is 0 Å². The van der Waals surface area contributed by atoms with Crippen molar-refractivity contribution >= 4 is 0 Å². The highest BCUT2D eigenvalue weighted by Gasteiger charge is 2.41. The van der Waals surface area contributed by atoms with E-state index in [0.29, 0.717) is 33.0 Å². The normalized spacial score (nSPS) is 35.7. The van der Waals surface area contributed by atoms with E-state index in [1.54, 1.807) is 0 Å². The van der Waals surface area contributed by atoms with Crippen LogP contribution in [0.5, 0.6) is 0 Å². The molecular weight excluding hydrogens is 248 g/mol. The first kappa shape index (κ1) is 15.2. The highest BCUT2D eigenvalue weighted by atomic mass is 16.7. The molecule has 0 aromatic heterocycles. The summed E-state index contributed by atoms with van der Waals surface area (Å²) < 4.78 is 22.8. The van der Waals surface area contributed by atoms with Gasteiger partial charge >= 0.3 is 0 Å². The molecule has 0 aromatic carbocycles. The van der Waals surface area contributed by atoms with Crippen molar-refractivity contribution in [3.05, 3.63) is 0 Å².